The van der Waals surface area contributed by atoms with Crippen molar-refractivity contribution >= 4 is 6.09 Å². The fraction of sp³-hybridized carbons (Fsp3) is 0.118. The third-order valence-corrected chi connectivity index (χ3v) is 3.20. The molecule has 3 rings (SSSR count). The summed E-state index contributed by atoms with van der Waals surface area (Å²) in [7, 11) is 0. The maximum absolute atomic E-state index is 11.7. The number of aromatic nitrogens is 2. The number of nitrogens with zero attached hydrogens (tertiary/aromatic N) is 2. The standard InChI is InChI=1S/C17H15N3O3/c21-17(23-11-13-3-6-18-7-4-13)20-10-14-1-2-16(19-9-14)15-5-8-22-12-15/h1-9,12H,10-11H2,(H,20,21). The summed E-state index contributed by atoms with van der Waals surface area (Å²) >= 11 is 0. The normalized spacial score (nSPS) is 10.3. The van der Waals surface area contributed by atoms with Crippen molar-refractivity contribution in [3.63, 3.8) is 0 Å². The maximum Gasteiger partial charge on any atom is 0.407 e. The molecule has 116 valence electrons. The molecule has 0 fully saturated rings. The van der Waals surface area contributed by atoms with Gasteiger partial charge in [0.05, 0.1) is 18.2 Å². The van der Waals surface area contributed by atoms with Gasteiger partial charge in [-0.3, -0.25) is 9.97 Å². The van der Waals surface area contributed by atoms with E-state index in [-0.39, 0.29) is 6.61 Å². The van der Waals surface area contributed by atoms with Gasteiger partial charge in [-0.2, -0.15) is 0 Å². The number of carbonyl (C=O) groups is 1. The molecule has 1 N–H and O–H groups in total. The molecule has 6 heteroatoms. The third-order valence-electron chi connectivity index (χ3n) is 3.20. The second-order valence-electron chi connectivity index (χ2n) is 4.85. The number of rotatable bonds is 5. The van der Waals surface area contributed by atoms with Crippen LogP contribution < -0.4 is 5.32 Å². The van der Waals surface area contributed by atoms with Crippen LogP contribution in [-0.4, -0.2) is 16.1 Å². The second-order valence-corrected chi connectivity index (χ2v) is 4.85. The van der Waals surface area contributed by atoms with Gasteiger partial charge in [-0.25, -0.2) is 4.79 Å². The second kappa shape index (κ2) is 7.22. The fourth-order valence-electron chi connectivity index (χ4n) is 1.96. The molecule has 3 aromatic rings. The molecule has 0 atom stereocenters. The molecular weight excluding hydrogens is 294 g/mol. The van der Waals surface area contributed by atoms with Gasteiger partial charge in [-0.1, -0.05) is 6.07 Å². The van der Waals surface area contributed by atoms with Crippen LogP contribution in [0.4, 0.5) is 4.79 Å². The van der Waals surface area contributed by atoms with Gasteiger partial charge in [0.1, 0.15) is 6.61 Å². The van der Waals surface area contributed by atoms with Crippen molar-refractivity contribution in [1.82, 2.24) is 15.3 Å². The van der Waals surface area contributed by atoms with Gasteiger partial charge >= 0.3 is 6.09 Å². The van der Waals surface area contributed by atoms with Gasteiger partial charge in [0, 0.05) is 30.7 Å². The van der Waals surface area contributed by atoms with Crippen LogP contribution in [0.1, 0.15) is 11.1 Å². The highest BCUT2D eigenvalue weighted by Gasteiger charge is 2.04. The zero-order valence-corrected chi connectivity index (χ0v) is 12.3. The first kappa shape index (κ1) is 14.8. The van der Waals surface area contributed by atoms with Crippen LogP contribution in [0.15, 0.2) is 65.9 Å². The van der Waals surface area contributed by atoms with E-state index in [1.165, 1.54) is 0 Å². The monoisotopic (exact) mass is 309 g/mol. The Hall–Kier alpha value is -3.15. The van der Waals surface area contributed by atoms with E-state index in [0.29, 0.717) is 6.54 Å². The Kier molecular flexibility index (Phi) is 4.63. The fourth-order valence-corrected chi connectivity index (χ4v) is 1.96. The van der Waals surface area contributed by atoms with E-state index in [1.54, 1.807) is 43.2 Å². The Balaban J connectivity index is 1.47. The predicted molar refractivity (Wildman–Crippen MR) is 83.2 cm³/mol. The SMILES string of the molecule is O=C(NCc1ccc(-c2ccoc2)nc1)OCc1ccncc1. The molecule has 6 nitrogen and oxygen atoms in total. The third kappa shape index (κ3) is 4.16. The van der Waals surface area contributed by atoms with Crippen molar-refractivity contribution in [2.24, 2.45) is 0 Å². The Labute approximate surface area is 133 Å². The van der Waals surface area contributed by atoms with E-state index < -0.39 is 6.09 Å². The van der Waals surface area contributed by atoms with Crippen LogP contribution in [0.5, 0.6) is 0 Å². The highest BCUT2D eigenvalue weighted by atomic mass is 16.5. The Morgan fingerprint density at radius 3 is 2.70 bits per heavy atom. The molecule has 3 heterocycles. The van der Waals surface area contributed by atoms with E-state index in [4.69, 9.17) is 9.15 Å². The Bertz CT molecular complexity index is 741. The van der Waals surface area contributed by atoms with E-state index >= 15 is 0 Å². The summed E-state index contributed by atoms with van der Waals surface area (Å²) in [5.74, 6) is 0. The van der Waals surface area contributed by atoms with Crippen LogP contribution in [-0.2, 0) is 17.9 Å². The van der Waals surface area contributed by atoms with Gasteiger partial charge < -0.3 is 14.5 Å². The topological polar surface area (TPSA) is 77.2 Å². The number of amides is 1. The van der Waals surface area contributed by atoms with Crippen molar-refractivity contribution in [3.05, 3.63) is 72.6 Å². The lowest BCUT2D eigenvalue weighted by atomic mass is 10.2. The lowest BCUT2D eigenvalue weighted by Crippen LogP contribution is -2.23. The molecule has 3 aromatic heterocycles. The van der Waals surface area contributed by atoms with Crippen LogP contribution in [0, 0.1) is 0 Å². The van der Waals surface area contributed by atoms with Crippen LogP contribution in [0.2, 0.25) is 0 Å². The Morgan fingerprint density at radius 2 is 2.00 bits per heavy atom. The van der Waals surface area contributed by atoms with E-state index in [2.05, 4.69) is 15.3 Å². The van der Waals surface area contributed by atoms with Crippen molar-refractivity contribution in [3.8, 4) is 11.3 Å². The molecule has 0 aliphatic rings. The molecule has 0 saturated heterocycles. The summed E-state index contributed by atoms with van der Waals surface area (Å²) in [4.78, 5) is 19.9. The average molecular weight is 309 g/mol. The van der Waals surface area contributed by atoms with Gasteiger partial charge in [0.2, 0.25) is 0 Å². The summed E-state index contributed by atoms with van der Waals surface area (Å²) in [5, 5.41) is 2.69. The lowest BCUT2D eigenvalue weighted by Gasteiger charge is -2.07. The van der Waals surface area contributed by atoms with E-state index in [9.17, 15) is 4.79 Å². The minimum atomic E-state index is -0.472. The maximum atomic E-state index is 11.7. The molecule has 0 saturated carbocycles. The van der Waals surface area contributed by atoms with Gasteiger partial charge in [0.25, 0.3) is 0 Å². The smallest absolute Gasteiger partial charge is 0.407 e. The largest absolute Gasteiger partial charge is 0.472 e. The number of hydrogen-bond donors (Lipinski definition) is 1. The van der Waals surface area contributed by atoms with Crippen LogP contribution >= 0.6 is 0 Å². The number of carbonyl (C=O) groups excluding carboxylic acids is 1. The number of alkyl carbamates (subject to hydrolysis) is 1. The molecule has 0 unspecified atom stereocenters. The number of nitrogens with one attached hydrogen (secondary N) is 1. The quantitative estimate of drug-likeness (QED) is 0.783. The molecule has 1 amide bonds. The van der Waals surface area contributed by atoms with Crippen molar-refractivity contribution in [1.29, 1.82) is 0 Å². The van der Waals surface area contributed by atoms with Crippen LogP contribution in [0.3, 0.4) is 0 Å². The summed E-state index contributed by atoms with van der Waals surface area (Å²) in [6, 6.07) is 9.22. The minimum absolute atomic E-state index is 0.214. The number of ether oxygens (including phenoxy) is 1. The molecule has 0 aliphatic carbocycles. The number of hydrogen-bond acceptors (Lipinski definition) is 5. The van der Waals surface area contributed by atoms with Gasteiger partial charge in [-0.15, -0.1) is 0 Å². The molecule has 0 aromatic carbocycles. The Morgan fingerprint density at radius 1 is 1.13 bits per heavy atom. The molecule has 0 spiro atoms. The van der Waals surface area contributed by atoms with Crippen LogP contribution in [0.25, 0.3) is 11.3 Å². The van der Waals surface area contributed by atoms with E-state index in [0.717, 1.165) is 22.4 Å². The minimum Gasteiger partial charge on any atom is -0.472 e. The van der Waals surface area contributed by atoms with Gasteiger partial charge in [0.15, 0.2) is 0 Å². The van der Waals surface area contributed by atoms with Crippen molar-refractivity contribution in [2.45, 2.75) is 13.2 Å². The summed E-state index contributed by atoms with van der Waals surface area (Å²) in [6.07, 6.45) is 7.79. The highest BCUT2D eigenvalue weighted by Crippen LogP contribution is 2.16. The van der Waals surface area contributed by atoms with Crippen molar-refractivity contribution in [2.75, 3.05) is 0 Å². The first-order chi connectivity index (χ1) is 11.3. The molecule has 0 bridgehead atoms. The first-order valence-corrected chi connectivity index (χ1v) is 7.08. The van der Waals surface area contributed by atoms with E-state index in [1.807, 2.05) is 18.2 Å². The van der Waals surface area contributed by atoms with Crippen molar-refractivity contribution < 1.29 is 13.9 Å². The lowest BCUT2D eigenvalue weighted by molar-refractivity contribution is 0.139. The number of pyridine rings is 2. The first-order valence-electron chi connectivity index (χ1n) is 7.08. The predicted octanol–water partition coefficient (Wildman–Crippen LogP) is 3.16. The molecule has 23 heavy (non-hydrogen) atoms. The zero-order chi connectivity index (χ0) is 15.9. The summed E-state index contributed by atoms with van der Waals surface area (Å²) in [5.41, 5.74) is 3.52. The molecule has 0 aliphatic heterocycles. The van der Waals surface area contributed by atoms with Gasteiger partial charge in [-0.05, 0) is 35.4 Å². The molecular formula is C17H15N3O3. The highest BCUT2D eigenvalue weighted by molar-refractivity contribution is 5.67. The average Bonchev–Trinajstić information content (AvgIpc) is 3.14. The summed E-state index contributed by atoms with van der Waals surface area (Å²) < 4.78 is 10.1. The summed E-state index contributed by atoms with van der Waals surface area (Å²) in [6.45, 7) is 0.569. The molecule has 0 radical (unpaired) electrons. The number of furan rings is 1. The zero-order valence-electron chi connectivity index (χ0n) is 12.3.